The first-order valence-corrected chi connectivity index (χ1v) is 8.84. The number of aryl methyl sites for hydroxylation is 1. The van der Waals surface area contributed by atoms with E-state index >= 15 is 0 Å². The number of carbonyl (C=O) groups excluding carboxylic acids is 1. The monoisotopic (exact) mass is 331 g/mol. The summed E-state index contributed by atoms with van der Waals surface area (Å²) in [6.07, 6.45) is 5.53. The number of amides is 1. The molecule has 0 spiro atoms. The van der Waals surface area contributed by atoms with Crippen molar-refractivity contribution in [1.29, 1.82) is 0 Å². The predicted molar refractivity (Wildman–Crippen MR) is 90.0 cm³/mol. The molecule has 2 aliphatic rings. The van der Waals surface area contributed by atoms with Crippen molar-refractivity contribution in [2.75, 3.05) is 19.7 Å². The Labute approximate surface area is 142 Å². The standard InChI is InChI=1S/C19H25NO4/c21-18(10-9-15-4-1-2-6-17(15)19(22)23)20-11-3-5-16(12-20)24-13-14-7-8-14/h1-2,4,6,14,16H,3,5,7-13H2,(H,22,23). The van der Waals surface area contributed by atoms with E-state index in [9.17, 15) is 14.7 Å². The highest BCUT2D eigenvalue weighted by atomic mass is 16.5. The number of hydrogen-bond donors (Lipinski definition) is 1. The van der Waals surface area contributed by atoms with Crippen LogP contribution in [-0.4, -0.2) is 47.7 Å². The van der Waals surface area contributed by atoms with Crippen LogP contribution in [0.4, 0.5) is 0 Å². The Kier molecular flexibility index (Phi) is 5.51. The Morgan fingerprint density at radius 2 is 2.00 bits per heavy atom. The lowest BCUT2D eigenvalue weighted by molar-refractivity contribution is -0.135. The number of benzene rings is 1. The molecule has 1 atom stereocenters. The molecule has 1 saturated carbocycles. The molecular formula is C19H25NO4. The van der Waals surface area contributed by atoms with E-state index in [4.69, 9.17) is 4.74 Å². The third-order valence-corrected chi connectivity index (χ3v) is 4.85. The lowest BCUT2D eigenvalue weighted by atomic mass is 10.0. The zero-order valence-corrected chi connectivity index (χ0v) is 13.9. The van der Waals surface area contributed by atoms with Crippen LogP contribution in [0, 0.1) is 5.92 Å². The van der Waals surface area contributed by atoms with E-state index in [1.165, 1.54) is 12.8 Å². The van der Waals surface area contributed by atoms with Gasteiger partial charge in [0.1, 0.15) is 0 Å². The van der Waals surface area contributed by atoms with Crippen LogP contribution >= 0.6 is 0 Å². The number of ether oxygens (including phenoxy) is 1. The van der Waals surface area contributed by atoms with Gasteiger partial charge in [0.05, 0.1) is 11.7 Å². The van der Waals surface area contributed by atoms with Crippen molar-refractivity contribution >= 4 is 11.9 Å². The number of rotatable bonds is 7. The van der Waals surface area contributed by atoms with E-state index in [1.807, 2.05) is 11.0 Å². The molecule has 1 saturated heterocycles. The molecule has 1 amide bonds. The molecule has 1 unspecified atom stereocenters. The van der Waals surface area contributed by atoms with Crippen LogP contribution in [0.2, 0.25) is 0 Å². The van der Waals surface area contributed by atoms with E-state index in [1.54, 1.807) is 18.2 Å². The van der Waals surface area contributed by atoms with Gasteiger partial charge in [-0.1, -0.05) is 18.2 Å². The number of likely N-dealkylation sites (tertiary alicyclic amines) is 1. The van der Waals surface area contributed by atoms with E-state index in [0.29, 0.717) is 19.4 Å². The largest absolute Gasteiger partial charge is 0.478 e. The van der Waals surface area contributed by atoms with Gasteiger partial charge in [-0.2, -0.15) is 0 Å². The second kappa shape index (κ2) is 7.79. The van der Waals surface area contributed by atoms with Gasteiger partial charge in [-0.3, -0.25) is 4.79 Å². The molecule has 3 rings (SSSR count). The first-order chi connectivity index (χ1) is 11.6. The fourth-order valence-electron chi connectivity index (χ4n) is 3.20. The average molecular weight is 331 g/mol. The van der Waals surface area contributed by atoms with Gasteiger partial charge in [0.2, 0.25) is 5.91 Å². The maximum atomic E-state index is 12.5. The lowest BCUT2D eigenvalue weighted by Gasteiger charge is -2.33. The fraction of sp³-hybridized carbons (Fsp3) is 0.579. The van der Waals surface area contributed by atoms with Crippen molar-refractivity contribution in [3.63, 3.8) is 0 Å². The van der Waals surface area contributed by atoms with E-state index in [-0.39, 0.29) is 17.6 Å². The third kappa shape index (κ3) is 4.57. The lowest BCUT2D eigenvalue weighted by Crippen LogP contribution is -2.43. The molecule has 130 valence electrons. The van der Waals surface area contributed by atoms with Gasteiger partial charge in [0.25, 0.3) is 0 Å². The number of hydrogen-bond acceptors (Lipinski definition) is 3. The summed E-state index contributed by atoms with van der Waals surface area (Å²) in [5.41, 5.74) is 1.01. The summed E-state index contributed by atoms with van der Waals surface area (Å²) in [6.45, 7) is 2.29. The first kappa shape index (κ1) is 17.0. The van der Waals surface area contributed by atoms with Crippen molar-refractivity contribution in [3.05, 3.63) is 35.4 Å². The summed E-state index contributed by atoms with van der Waals surface area (Å²) in [5, 5.41) is 9.21. The Balaban J connectivity index is 1.50. The van der Waals surface area contributed by atoms with Crippen LogP contribution in [0.1, 0.15) is 48.0 Å². The summed E-state index contributed by atoms with van der Waals surface area (Å²) < 4.78 is 5.93. The molecule has 1 N–H and O–H groups in total. The quantitative estimate of drug-likeness (QED) is 0.834. The molecule has 0 aromatic heterocycles. The molecule has 1 aromatic carbocycles. The second-order valence-corrected chi connectivity index (χ2v) is 6.84. The number of carboxylic acids is 1. The topological polar surface area (TPSA) is 66.8 Å². The van der Waals surface area contributed by atoms with Gasteiger partial charge >= 0.3 is 5.97 Å². The summed E-state index contributed by atoms with van der Waals surface area (Å²) in [4.78, 5) is 25.6. The van der Waals surface area contributed by atoms with Gasteiger partial charge in [0.15, 0.2) is 0 Å². The van der Waals surface area contributed by atoms with E-state index < -0.39 is 5.97 Å². The van der Waals surface area contributed by atoms with Crippen LogP contribution in [-0.2, 0) is 16.0 Å². The predicted octanol–water partition coefficient (Wildman–Crippen LogP) is 2.74. The molecule has 1 aliphatic carbocycles. The molecule has 2 fully saturated rings. The van der Waals surface area contributed by atoms with Crippen molar-refractivity contribution in [2.24, 2.45) is 5.92 Å². The van der Waals surface area contributed by atoms with Gasteiger partial charge in [-0.25, -0.2) is 4.79 Å². The third-order valence-electron chi connectivity index (χ3n) is 4.85. The SMILES string of the molecule is O=C(O)c1ccccc1CCC(=O)N1CCCC(OCC2CC2)C1. The zero-order chi connectivity index (χ0) is 16.9. The Hall–Kier alpha value is -1.88. The molecule has 0 bridgehead atoms. The average Bonchev–Trinajstić information content (AvgIpc) is 3.42. The van der Waals surface area contributed by atoms with Crippen LogP contribution < -0.4 is 0 Å². The van der Waals surface area contributed by atoms with Gasteiger partial charge in [0, 0.05) is 26.1 Å². The van der Waals surface area contributed by atoms with E-state index in [0.717, 1.165) is 37.5 Å². The summed E-state index contributed by atoms with van der Waals surface area (Å²) in [6, 6.07) is 6.90. The number of carboxylic acid groups (broad SMARTS) is 1. The minimum Gasteiger partial charge on any atom is -0.478 e. The second-order valence-electron chi connectivity index (χ2n) is 6.84. The normalized spacial score (nSPS) is 20.8. The van der Waals surface area contributed by atoms with Crippen molar-refractivity contribution in [2.45, 2.75) is 44.6 Å². The van der Waals surface area contributed by atoms with Crippen molar-refractivity contribution in [3.8, 4) is 0 Å². The summed E-state index contributed by atoms with van der Waals surface area (Å²) >= 11 is 0. The Bertz CT molecular complexity index is 597. The minimum absolute atomic E-state index is 0.0925. The number of aromatic carboxylic acids is 1. The Morgan fingerprint density at radius 1 is 1.21 bits per heavy atom. The van der Waals surface area contributed by atoms with Crippen molar-refractivity contribution in [1.82, 2.24) is 4.90 Å². The number of nitrogens with zero attached hydrogens (tertiary/aromatic N) is 1. The fourth-order valence-corrected chi connectivity index (χ4v) is 3.20. The zero-order valence-electron chi connectivity index (χ0n) is 13.9. The Morgan fingerprint density at radius 3 is 2.75 bits per heavy atom. The van der Waals surface area contributed by atoms with Crippen LogP contribution in [0.5, 0.6) is 0 Å². The molecule has 24 heavy (non-hydrogen) atoms. The van der Waals surface area contributed by atoms with Gasteiger partial charge in [-0.05, 0) is 49.7 Å². The highest BCUT2D eigenvalue weighted by molar-refractivity contribution is 5.89. The number of piperidine rings is 1. The maximum Gasteiger partial charge on any atom is 0.335 e. The van der Waals surface area contributed by atoms with Crippen LogP contribution in [0.15, 0.2) is 24.3 Å². The molecule has 1 aliphatic heterocycles. The molecule has 1 aromatic rings. The minimum atomic E-state index is -0.940. The molecule has 0 radical (unpaired) electrons. The smallest absolute Gasteiger partial charge is 0.335 e. The molecule has 5 heteroatoms. The van der Waals surface area contributed by atoms with Gasteiger partial charge in [-0.15, -0.1) is 0 Å². The highest BCUT2D eigenvalue weighted by Gasteiger charge is 2.27. The van der Waals surface area contributed by atoms with Crippen molar-refractivity contribution < 1.29 is 19.4 Å². The van der Waals surface area contributed by atoms with Gasteiger partial charge < -0.3 is 14.7 Å². The maximum absolute atomic E-state index is 12.5. The number of carbonyl (C=O) groups is 2. The van der Waals surface area contributed by atoms with Crippen LogP contribution in [0.3, 0.4) is 0 Å². The summed E-state index contributed by atoms with van der Waals surface area (Å²) in [7, 11) is 0. The molecule has 5 nitrogen and oxygen atoms in total. The molecule has 1 heterocycles. The van der Waals surface area contributed by atoms with Crippen LogP contribution in [0.25, 0.3) is 0 Å². The first-order valence-electron chi connectivity index (χ1n) is 8.84. The molecular weight excluding hydrogens is 306 g/mol. The summed E-state index contributed by atoms with van der Waals surface area (Å²) in [5.74, 6) is -0.108. The highest BCUT2D eigenvalue weighted by Crippen LogP contribution is 2.30. The van der Waals surface area contributed by atoms with E-state index in [2.05, 4.69) is 0 Å².